The molecule has 4 fully saturated rings. The summed E-state index contributed by atoms with van der Waals surface area (Å²) < 4.78 is 1.36. The van der Waals surface area contributed by atoms with Gasteiger partial charge in [0.15, 0.2) is 0 Å². The highest BCUT2D eigenvalue weighted by Gasteiger charge is 2.61. The van der Waals surface area contributed by atoms with Crippen LogP contribution in [0.15, 0.2) is 35.3 Å². The van der Waals surface area contributed by atoms with Gasteiger partial charge in [-0.05, 0) is 67.6 Å². The van der Waals surface area contributed by atoms with Gasteiger partial charge in [-0.15, -0.1) is 0 Å². The Morgan fingerprint density at radius 3 is 2.38 bits per heavy atom. The number of nitrogens with one attached hydrogen (secondary N) is 1. The molecule has 4 saturated carbocycles. The molecule has 0 spiro atoms. The molecule has 0 aliphatic heterocycles. The van der Waals surface area contributed by atoms with E-state index >= 15 is 0 Å². The molecule has 8 nitrogen and oxygen atoms in total. The van der Waals surface area contributed by atoms with Crippen molar-refractivity contribution in [1.29, 1.82) is 0 Å². The number of carbonyl (C=O) groups is 2. The lowest BCUT2D eigenvalue weighted by molar-refractivity contribution is -0.168. The van der Waals surface area contributed by atoms with Crippen LogP contribution in [-0.2, 0) is 21.5 Å². The average Bonchev–Trinajstić information content (AvgIpc) is 2.71. The maximum atomic E-state index is 13.3. The van der Waals surface area contributed by atoms with Gasteiger partial charge < -0.3 is 15.5 Å². The molecule has 0 saturated heterocycles. The number of halogens is 1. The molecule has 0 radical (unpaired) electrons. The Hall–Kier alpha value is -2.87. The van der Waals surface area contributed by atoms with Crippen LogP contribution < -0.4 is 10.9 Å². The van der Waals surface area contributed by atoms with Crippen LogP contribution >= 0.6 is 11.6 Å². The first kappa shape index (κ1) is 21.0. The van der Waals surface area contributed by atoms with Crippen molar-refractivity contribution in [3.05, 3.63) is 51.4 Å². The molecule has 1 aromatic heterocycles. The van der Waals surface area contributed by atoms with Gasteiger partial charge in [0.1, 0.15) is 5.02 Å². The number of nitrogens with zero attached hydrogens (tertiary/aromatic N) is 2. The topological polar surface area (TPSA) is 122 Å². The van der Waals surface area contributed by atoms with Crippen LogP contribution in [0.25, 0.3) is 0 Å². The molecule has 32 heavy (non-hydrogen) atoms. The summed E-state index contributed by atoms with van der Waals surface area (Å²) in [5.41, 5.74) is 0.323. The quantitative estimate of drug-likeness (QED) is 0.606. The number of aromatic nitrogens is 2. The number of carboxylic acid groups (broad SMARTS) is 2. The van der Waals surface area contributed by atoms with Crippen molar-refractivity contribution in [2.45, 2.75) is 44.1 Å². The van der Waals surface area contributed by atoms with Crippen molar-refractivity contribution in [3.63, 3.8) is 0 Å². The third-order valence-corrected chi connectivity index (χ3v) is 7.83. The second-order valence-electron chi connectivity index (χ2n) is 9.51. The molecule has 1 heterocycles. The van der Waals surface area contributed by atoms with E-state index in [1.165, 1.54) is 10.9 Å². The van der Waals surface area contributed by atoms with Gasteiger partial charge in [0.2, 0.25) is 0 Å². The van der Waals surface area contributed by atoms with E-state index in [0.29, 0.717) is 41.6 Å². The molecule has 4 aliphatic rings. The lowest BCUT2D eigenvalue weighted by Gasteiger charge is -2.59. The molecular weight excluding hydrogens is 434 g/mol. The molecule has 2 aromatic rings. The monoisotopic (exact) mass is 457 g/mol. The number of hydrogen-bond donors (Lipinski definition) is 3. The SMILES string of the molecule is O=C(O)Cc1ccc(Nc2cnn(C34C[C@@H]5CC(C[C@@H](C5)C3)[C@@H]4C(=O)O)c(=O)c2Cl)cc1. The Morgan fingerprint density at radius 1 is 1.12 bits per heavy atom. The Morgan fingerprint density at radius 2 is 1.78 bits per heavy atom. The van der Waals surface area contributed by atoms with Crippen LogP contribution in [0.1, 0.15) is 37.7 Å². The third-order valence-electron chi connectivity index (χ3n) is 7.47. The summed E-state index contributed by atoms with van der Waals surface area (Å²) in [4.78, 5) is 36.4. The van der Waals surface area contributed by atoms with Crippen molar-refractivity contribution in [1.82, 2.24) is 9.78 Å². The number of aliphatic carboxylic acids is 2. The summed E-state index contributed by atoms with van der Waals surface area (Å²) >= 11 is 6.45. The molecule has 3 N–H and O–H groups in total. The molecule has 2 unspecified atom stereocenters. The van der Waals surface area contributed by atoms with Crippen molar-refractivity contribution >= 4 is 34.9 Å². The summed E-state index contributed by atoms with van der Waals surface area (Å²) in [6.07, 6.45) is 5.63. The third kappa shape index (κ3) is 3.37. The lowest BCUT2D eigenvalue weighted by Crippen LogP contribution is -2.63. The standard InChI is InChI=1S/C23H24ClN3O5/c24-20-17(26-16-3-1-12(2-4-16)8-18(28)29)11-25-27(21(20)30)23-9-13-5-14(10-23)7-15(6-13)19(23)22(31)32/h1-4,11,13-15,19,26H,5-10H2,(H,28,29)(H,31,32)/t13-,14+,15?,19-,23?/m1/s1. The Bertz CT molecular complexity index is 1130. The highest BCUT2D eigenvalue weighted by molar-refractivity contribution is 6.33. The van der Waals surface area contributed by atoms with E-state index in [1.807, 2.05) is 0 Å². The predicted molar refractivity (Wildman–Crippen MR) is 117 cm³/mol. The molecule has 168 valence electrons. The Kier molecular flexibility index (Phi) is 5.00. The zero-order valence-electron chi connectivity index (χ0n) is 17.3. The molecular formula is C23H24ClN3O5. The van der Waals surface area contributed by atoms with E-state index in [0.717, 1.165) is 19.3 Å². The smallest absolute Gasteiger partial charge is 0.309 e. The van der Waals surface area contributed by atoms with E-state index < -0.39 is 29.0 Å². The normalized spacial score (nSPS) is 30.3. The fourth-order valence-corrected chi connectivity index (χ4v) is 6.78. The fraction of sp³-hybridized carbons (Fsp3) is 0.478. The number of hydrogen-bond acceptors (Lipinski definition) is 5. The van der Waals surface area contributed by atoms with E-state index in [1.54, 1.807) is 24.3 Å². The molecule has 4 aliphatic carbocycles. The zero-order valence-corrected chi connectivity index (χ0v) is 18.1. The summed E-state index contributed by atoms with van der Waals surface area (Å²) in [6.45, 7) is 0. The van der Waals surface area contributed by atoms with Crippen molar-refractivity contribution < 1.29 is 19.8 Å². The number of carboxylic acids is 2. The summed E-state index contributed by atoms with van der Waals surface area (Å²) in [7, 11) is 0. The number of anilines is 2. The molecule has 5 atom stereocenters. The molecule has 4 bridgehead atoms. The minimum atomic E-state index is -0.911. The molecule has 1 aromatic carbocycles. The summed E-state index contributed by atoms with van der Waals surface area (Å²) in [5, 5.41) is 26.4. The van der Waals surface area contributed by atoms with Crippen LogP contribution in [-0.4, -0.2) is 31.9 Å². The minimum absolute atomic E-state index is 0.0329. The van der Waals surface area contributed by atoms with E-state index in [9.17, 15) is 19.5 Å². The summed E-state index contributed by atoms with van der Waals surface area (Å²) in [5.74, 6) is -1.46. The van der Waals surface area contributed by atoms with Gasteiger partial charge in [0, 0.05) is 5.69 Å². The van der Waals surface area contributed by atoms with Gasteiger partial charge in [0.05, 0.1) is 29.8 Å². The number of benzene rings is 1. The fourth-order valence-electron chi connectivity index (χ4n) is 6.61. The van der Waals surface area contributed by atoms with Gasteiger partial charge in [0.25, 0.3) is 5.56 Å². The highest BCUT2D eigenvalue weighted by atomic mass is 35.5. The molecule has 9 heteroatoms. The minimum Gasteiger partial charge on any atom is -0.481 e. The van der Waals surface area contributed by atoms with Crippen LogP contribution in [0.3, 0.4) is 0 Å². The molecule has 6 rings (SSSR count). The first-order valence-electron chi connectivity index (χ1n) is 10.9. The first-order valence-corrected chi connectivity index (χ1v) is 11.2. The molecule has 0 amide bonds. The highest BCUT2D eigenvalue weighted by Crippen LogP contribution is 2.61. The maximum Gasteiger partial charge on any atom is 0.309 e. The first-order chi connectivity index (χ1) is 15.3. The van der Waals surface area contributed by atoms with Crippen LogP contribution in [0, 0.1) is 23.7 Å². The van der Waals surface area contributed by atoms with Crippen LogP contribution in [0.2, 0.25) is 5.02 Å². The van der Waals surface area contributed by atoms with Gasteiger partial charge in [-0.3, -0.25) is 14.4 Å². The van der Waals surface area contributed by atoms with E-state index in [2.05, 4.69) is 10.4 Å². The van der Waals surface area contributed by atoms with E-state index in [4.69, 9.17) is 16.7 Å². The number of rotatable bonds is 6. The lowest BCUT2D eigenvalue weighted by atomic mass is 9.48. The van der Waals surface area contributed by atoms with Gasteiger partial charge in [-0.25, -0.2) is 4.68 Å². The van der Waals surface area contributed by atoms with Gasteiger partial charge in [-0.2, -0.15) is 5.10 Å². The van der Waals surface area contributed by atoms with Gasteiger partial charge in [-0.1, -0.05) is 23.7 Å². The Labute approximate surface area is 189 Å². The second kappa shape index (κ2) is 7.62. The zero-order chi connectivity index (χ0) is 22.6. The van der Waals surface area contributed by atoms with Gasteiger partial charge >= 0.3 is 11.9 Å². The van der Waals surface area contributed by atoms with E-state index in [-0.39, 0.29) is 17.4 Å². The Balaban J connectivity index is 1.47. The van der Waals surface area contributed by atoms with Crippen LogP contribution in [0.4, 0.5) is 11.4 Å². The average molecular weight is 458 g/mol. The second-order valence-corrected chi connectivity index (χ2v) is 9.89. The van der Waals surface area contributed by atoms with Crippen LogP contribution in [0.5, 0.6) is 0 Å². The summed E-state index contributed by atoms with van der Waals surface area (Å²) in [6, 6.07) is 6.79. The predicted octanol–water partition coefficient (Wildman–Crippen LogP) is 3.50. The van der Waals surface area contributed by atoms with Crippen molar-refractivity contribution in [2.75, 3.05) is 5.32 Å². The largest absolute Gasteiger partial charge is 0.481 e. The van der Waals surface area contributed by atoms with Crippen molar-refractivity contribution in [3.8, 4) is 0 Å². The van der Waals surface area contributed by atoms with Crippen molar-refractivity contribution in [2.24, 2.45) is 23.7 Å². The maximum absolute atomic E-state index is 13.3.